The van der Waals surface area contributed by atoms with Crippen LogP contribution in [0.1, 0.15) is 5.56 Å². The minimum absolute atomic E-state index is 0.0524. The van der Waals surface area contributed by atoms with Crippen LogP contribution in [0.5, 0.6) is 0 Å². The zero-order valence-corrected chi connectivity index (χ0v) is 16.9. The Morgan fingerprint density at radius 3 is 2.15 bits per heavy atom. The van der Waals surface area contributed by atoms with E-state index in [2.05, 4.69) is 35.9 Å². The van der Waals surface area contributed by atoms with Gasteiger partial charge in [-0.1, -0.05) is 60.7 Å². The van der Waals surface area contributed by atoms with Crippen molar-refractivity contribution < 1.29 is 9.59 Å². The van der Waals surface area contributed by atoms with Crippen molar-refractivity contribution in [2.24, 2.45) is 0 Å². The number of anilines is 1. The lowest BCUT2D eigenvalue weighted by Gasteiger charge is -2.23. The van der Waals surface area contributed by atoms with Gasteiger partial charge >= 0.3 is 6.03 Å². The molecule has 0 heterocycles. The molecule has 0 unspecified atom stereocenters. The standard InChI is InChI=1S/C20H27N3O2Si/c1-23(2)19(24)14-16-10-12-17(13-11-16)22-20(25)21-15-26(3,4)18-8-6-5-7-9-18/h5-13H,14-15H2,1-4H3,(H2,21,22,25). The van der Waals surface area contributed by atoms with Crippen molar-refractivity contribution in [3.05, 3.63) is 60.2 Å². The van der Waals surface area contributed by atoms with Gasteiger partial charge in [-0.25, -0.2) is 4.79 Å². The first kappa shape index (κ1) is 19.7. The molecule has 2 rings (SSSR count). The Bertz CT molecular complexity index is 743. The molecule has 6 heteroatoms. The Labute approximate surface area is 156 Å². The van der Waals surface area contributed by atoms with Crippen molar-refractivity contribution in [1.29, 1.82) is 0 Å². The van der Waals surface area contributed by atoms with Crippen LogP contribution in [0.3, 0.4) is 0 Å². The minimum Gasteiger partial charge on any atom is -0.349 e. The van der Waals surface area contributed by atoms with Crippen molar-refractivity contribution in [1.82, 2.24) is 10.2 Å². The van der Waals surface area contributed by atoms with E-state index in [1.54, 1.807) is 19.0 Å². The number of hydrogen-bond donors (Lipinski definition) is 2. The summed E-state index contributed by atoms with van der Waals surface area (Å²) in [6, 6.07) is 17.5. The first-order valence-corrected chi connectivity index (χ1v) is 11.9. The highest BCUT2D eigenvalue weighted by Gasteiger charge is 2.23. The van der Waals surface area contributed by atoms with Gasteiger partial charge in [-0.2, -0.15) is 0 Å². The van der Waals surface area contributed by atoms with Gasteiger partial charge in [0.15, 0.2) is 0 Å². The highest BCUT2D eigenvalue weighted by Crippen LogP contribution is 2.11. The van der Waals surface area contributed by atoms with Crippen LogP contribution in [-0.4, -0.2) is 45.2 Å². The summed E-state index contributed by atoms with van der Waals surface area (Å²) in [5.41, 5.74) is 1.63. The van der Waals surface area contributed by atoms with E-state index >= 15 is 0 Å². The molecule has 3 amide bonds. The lowest BCUT2D eigenvalue weighted by Crippen LogP contribution is -2.52. The molecule has 2 N–H and O–H groups in total. The van der Waals surface area contributed by atoms with Crippen molar-refractivity contribution in [2.45, 2.75) is 19.5 Å². The second-order valence-electron chi connectivity index (χ2n) is 7.22. The van der Waals surface area contributed by atoms with Crippen molar-refractivity contribution in [3.8, 4) is 0 Å². The van der Waals surface area contributed by atoms with Gasteiger partial charge in [-0.15, -0.1) is 0 Å². The van der Waals surface area contributed by atoms with Crippen LogP contribution in [0.4, 0.5) is 10.5 Å². The van der Waals surface area contributed by atoms with E-state index in [4.69, 9.17) is 0 Å². The van der Waals surface area contributed by atoms with Crippen LogP contribution in [0, 0.1) is 0 Å². The SMILES string of the molecule is CN(C)C(=O)Cc1ccc(NC(=O)NC[Si](C)(C)c2ccccc2)cc1. The number of nitrogens with one attached hydrogen (secondary N) is 2. The van der Waals surface area contributed by atoms with Crippen LogP contribution in [0.15, 0.2) is 54.6 Å². The monoisotopic (exact) mass is 369 g/mol. The predicted molar refractivity (Wildman–Crippen MR) is 109 cm³/mol. The summed E-state index contributed by atoms with van der Waals surface area (Å²) in [6.07, 6.45) is 1.02. The molecule has 0 aliphatic heterocycles. The summed E-state index contributed by atoms with van der Waals surface area (Å²) >= 11 is 0. The van der Waals surface area contributed by atoms with Crippen LogP contribution >= 0.6 is 0 Å². The molecule has 2 aromatic carbocycles. The fraction of sp³-hybridized carbons (Fsp3) is 0.300. The fourth-order valence-electron chi connectivity index (χ4n) is 2.51. The maximum Gasteiger partial charge on any atom is 0.318 e. The average molecular weight is 370 g/mol. The zero-order chi connectivity index (χ0) is 19.2. The number of amides is 3. The largest absolute Gasteiger partial charge is 0.349 e. The third-order valence-electron chi connectivity index (χ3n) is 4.31. The molecule has 5 nitrogen and oxygen atoms in total. The molecule has 2 aromatic rings. The normalized spacial score (nSPS) is 10.9. The van der Waals surface area contributed by atoms with E-state index in [-0.39, 0.29) is 11.9 Å². The second kappa shape index (κ2) is 8.67. The average Bonchev–Trinajstić information content (AvgIpc) is 2.62. The van der Waals surface area contributed by atoms with Crippen LogP contribution in [0.2, 0.25) is 13.1 Å². The Balaban J connectivity index is 1.87. The molecule has 138 valence electrons. The highest BCUT2D eigenvalue weighted by atomic mass is 28.3. The number of carbonyl (C=O) groups is 2. The molecule has 0 fully saturated rings. The quantitative estimate of drug-likeness (QED) is 0.769. The van der Waals surface area contributed by atoms with Gasteiger partial charge in [0, 0.05) is 26.0 Å². The number of hydrogen-bond acceptors (Lipinski definition) is 2. The first-order valence-electron chi connectivity index (χ1n) is 8.67. The molecule has 0 bridgehead atoms. The first-order chi connectivity index (χ1) is 12.3. The number of nitrogens with zero attached hydrogens (tertiary/aromatic N) is 1. The summed E-state index contributed by atoms with van der Waals surface area (Å²) in [4.78, 5) is 25.5. The smallest absolute Gasteiger partial charge is 0.318 e. The maximum absolute atomic E-state index is 12.2. The summed E-state index contributed by atoms with van der Waals surface area (Å²) in [5, 5.41) is 7.14. The minimum atomic E-state index is -1.71. The molecular weight excluding hydrogens is 342 g/mol. The fourth-order valence-corrected chi connectivity index (χ4v) is 4.41. The third kappa shape index (κ3) is 5.74. The van der Waals surface area contributed by atoms with Gasteiger partial charge < -0.3 is 15.5 Å². The number of carbonyl (C=O) groups excluding carboxylic acids is 2. The van der Waals surface area contributed by atoms with Crippen LogP contribution in [0.25, 0.3) is 0 Å². The van der Waals surface area contributed by atoms with Crippen molar-refractivity contribution >= 4 is 30.9 Å². The Hall–Kier alpha value is -2.60. The Morgan fingerprint density at radius 1 is 0.962 bits per heavy atom. The van der Waals surface area contributed by atoms with E-state index in [1.165, 1.54) is 5.19 Å². The molecule has 0 atom stereocenters. The van der Waals surface area contributed by atoms with Crippen LogP contribution < -0.4 is 15.8 Å². The topological polar surface area (TPSA) is 61.4 Å². The highest BCUT2D eigenvalue weighted by molar-refractivity contribution is 6.90. The van der Waals surface area contributed by atoms with E-state index in [0.29, 0.717) is 18.3 Å². The molecule has 0 aromatic heterocycles. The van der Waals surface area contributed by atoms with E-state index < -0.39 is 8.07 Å². The summed E-state index contributed by atoms with van der Waals surface area (Å²) in [5.74, 6) is 0.0524. The van der Waals surface area contributed by atoms with Gasteiger partial charge in [0.25, 0.3) is 0 Å². The van der Waals surface area contributed by atoms with Crippen molar-refractivity contribution in [2.75, 3.05) is 25.6 Å². The summed E-state index contributed by atoms with van der Waals surface area (Å²) in [7, 11) is 1.77. The summed E-state index contributed by atoms with van der Waals surface area (Å²) < 4.78 is 0. The zero-order valence-electron chi connectivity index (χ0n) is 15.9. The molecule has 26 heavy (non-hydrogen) atoms. The molecule has 0 radical (unpaired) electrons. The third-order valence-corrected chi connectivity index (χ3v) is 7.27. The number of likely N-dealkylation sites (N-methyl/N-ethyl adjacent to an activating group) is 1. The predicted octanol–water partition coefficient (Wildman–Crippen LogP) is 2.59. The van der Waals surface area contributed by atoms with E-state index in [9.17, 15) is 9.59 Å². The maximum atomic E-state index is 12.2. The van der Waals surface area contributed by atoms with Gasteiger partial charge in [0.2, 0.25) is 5.91 Å². The number of rotatable bonds is 6. The molecule has 0 aliphatic carbocycles. The number of benzene rings is 2. The van der Waals surface area contributed by atoms with Gasteiger partial charge in [-0.3, -0.25) is 4.79 Å². The summed E-state index contributed by atoms with van der Waals surface area (Å²) in [6.45, 7) is 4.47. The second-order valence-corrected chi connectivity index (χ2v) is 11.9. The molecule has 0 spiro atoms. The van der Waals surface area contributed by atoms with E-state index in [1.807, 2.05) is 42.5 Å². The molecule has 0 aliphatic rings. The van der Waals surface area contributed by atoms with Gasteiger partial charge in [-0.05, 0) is 17.7 Å². The lowest BCUT2D eigenvalue weighted by molar-refractivity contribution is -0.127. The lowest BCUT2D eigenvalue weighted by atomic mass is 10.1. The van der Waals surface area contributed by atoms with Gasteiger partial charge in [0.1, 0.15) is 8.07 Å². The Kier molecular flexibility index (Phi) is 6.57. The van der Waals surface area contributed by atoms with Gasteiger partial charge in [0.05, 0.1) is 6.42 Å². The van der Waals surface area contributed by atoms with E-state index in [0.717, 1.165) is 5.56 Å². The molecular formula is C20H27N3O2Si. The Morgan fingerprint density at radius 2 is 1.58 bits per heavy atom. The van der Waals surface area contributed by atoms with Crippen molar-refractivity contribution in [3.63, 3.8) is 0 Å². The molecule has 0 saturated heterocycles. The number of urea groups is 1. The van der Waals surface area contributed by atoms with Crippen LogP contribution in [-0.2, 0) is 11.2 Å². The molecule has 0 saturated carbocycles.